The predicted molar refractivity (Wildman–Crippen MR) is 97.4 cm³/mol. The fourth-order valence-electron chi connectivity index (χ4n) is 2.59. The van der Waals surface area contributed by atoms with Gasteiger partial charge in [-0.2, -0.15) is 13.2 Å². The Morgan fingerprint density at radius 1 is 1.38 bits per heavy atom. The fraction of sp³-hybridized carbons (Fsp3) is 0.500. The molecule has 0 saturated carbocycles. The minimum Gasteiger partial charge on any atom is -0.450 e. The molecule has 1 amide bonds. The Bertz CT molecular complexity index is 665. The summed E-state index contributed by atoms with van der Waals surface area (Å²) in [5.74, 6) is 0. The number of hydrogen-bond acceptors (Lipinski definition) is 3. The van der Waals surface area contributed by atoms with E-state index in [9.17, 15) is 18.0 Å². The van der Waals surface area contributed by atoms with E-state index in [1.807, 2.05) is 0 Å². The second-order valence-electron chi connectivity index (χ2n) is 5.75. The number of thiocarbonyl (C=S) groups is 1. The molecule has 1 aliphatic rings. The van der Waals surface area contributed by atoms with E-state index in [1.165, 1.54) is 12.1 Å². The summed E-state index contributed by atoms with van der Waals surface area (Å²) >= 11 is 10.8. The van der Waals surface area contributed by atoms with Crippen molar-refractivity contribution in [2.75, 3.05) is 25.0 Å². The van der Waals surface area contributed by atoms with Crippen molar-refractivity contribution in [2.24, 2.45) is 0 Å². The molecule has 0 atom stereocenters. The number of ether oxygens (including phenoxy) is 1. The summed E-state index contributed by atoms with van der Waals surface area (Å²) < 4.78 is 43.6. The summed E-state index contributed by atoms with van der Waals surface area (Å²) in [6.07, 6.45) is -3.55. The van der Waals surface area contributed by atoms with Crippen LogP contribution in [-0.2, 0) is 10.9 Å². The number of likely N-dealkylation sites (tertiary alicyclic amines) is 1. The number of benzene rings is 1. The van der Waals surface area contributed by atoms with Gasteiger partial charge in [0.05, 0.1) is 17.2 Å². The maximum Gasteiger partial charge on any atom is 0.417 e. The highest BCUT2D eigenvalue weighted by Crippen LogP contribution is 2.36. The number of anilines is 1. The van der Waals surface area contributed by atoms with Crippen LogP contribution < -0.4 is 10.6 Å². The molecule has 1 aliphatic heterocycles. The maximum absolute atomic E-state index is 12.9. The Balaban J connectivity index is 1.87. The normalized spacial score (nSPS) is 15.5. The number of nitrogens with zero attached hydrogens (tertiary/aromatic N) is 1. The lowest BCUT2D eigenvalue weighted by atomic mass is 10.1. The van der Waals surface area contributed by atoms with Crippen LogP contribution in [0.3, 0.4) is 0 Å². The van der Waals surface area contributed by atoms with E-state index in [1.54, 1.807) is 11.8 Å². The molecular formula is C16H19ClF3N3O2S. The highest BCUT2D eigenvalue weighted by Gasteiger charge is 2.33. The van der Waals surface area contributed by atoms with Gasteiger partial charge in [0.15, 0.2) is 5.11 Å². The van der Waals surface area contributed by atoms with Crippen LogP contribution in [0.25, 0.3) is 0 Å². The highest BCUT2D eigenvalue weighted by molar-refractivity contribution is 7.80. The van der Waals surface area contributed by atoms with E-state index in [0.29, 0.717) is 32.5 Å². The first-order valence-corrected chi connectivity index (χ1v) is 8.85. The van der Waals surface area contributed by atoms with Gasteiger partial charge < -0.3 is 20.3 Å². The first kappa shape index (κ1) is 20.6. The van der Waals surface area contributed by atoms with E-state index in [2.05, 4.69) is 10.6 Å². The molecule has 1 heterocycles. The van der Waals surface area contributed by atoms with Crippen molar-refractivity contribution in [3.05, 3.63) is 28.8 Å². The molecule has 1 fully saturated rings. The van der Waals surface area contributed by atoms with Gasteiger partial charge in [-0.15, -0.1) is 0 Å². The molecule has 1 saturated heterocycles. The molecule has 0 radical (unpaired) electrons. The van der Waals surface area contributed by atoms with Gasteiger partial charge in [0, 0.05) is 24.8 Å². The third-order valence-electron chi connectivity index (χ3n) is 3.89. The molecule has 0 aliphatic carbocycles. The molecule has 0 spiro atoms. The van der Waals surface area contributed by atoms with E-state index in [0.717, 1.165) is 6.07 Å². The largest absolute Gasteiger partial charge is 0.450 e. The van der Waals surface area contributed by atoms with Crippen molar-refractivity contribution in [1.29, 1.82) is 0 Å². The Labute approximate surface area is 159 Å². The average molecular weight is 410 g/mol. The zero-order valence-electron chi connectivity index (χ0n) is 14.0. The van der Waals surface area contributed by atoms with Gasteiger partial charge in [0.25, 0.3) is 0 Å². The number of carbonyl (C=O) groups is 1. The van der Waals surface area contributed by atoms with Crippen LogP contribution in [0, 0.1) is 0 Å². The molecule has 1 aromatic carbocycles. The smallest absolute Gasteiger partial charge is 0.417 e. The van der Waals surface area contributed by atoms with Crippen LogP contribution in [0.1, 0.15) is 25.3 Å². The Hall–Kier alpha value is -1.74. The summed E-state index contributed by atoms with van der Waals surface area (Å²) in [7, 11) is 0. The predicted octanol–water partition coefficient (Wildman–Crippen LogP) is 4.27. The Morgan fingerprint density at radius 2 is 2.04 bits per heavy atom. The summed E-state index contributed by atoms with van der Waals surface area (Å²) in [5, 5.41) is 5.65. The second kappa shape index (κ2) is 8.77. The van der Waals surface area contributed by atoms with Crippen LogP contribution in [0.15, 0.2) is 18.2 Å². The lowest BCUT2D eigenvalue weighted by Crippen LogP contribution is -2.47. The van der Waals surface area contributed by atoms with E-state index >= 15 is 0 Å². The van der Waals surface area contributed by atoms with E-state index in [4.69, 9.17) is 28.6 Å². The van der Waals surface area contributed by atoms with Crippen LogP contribution >= 0.6 is 23.8 Å². The standard InChI is InChI=1S/C16H19ClF3N3O2S/c1-2-25-15(24)23-7-5-10(6-8-23)21-14(26)22-11-3-4-13(17)12(9-11)16(18,19)20/h3-4,9-10H,2,5-8H2,1H3,(H2,21,22,26). The minimum atomic E-state index is -4.54. The van der Waals surface area contributed by atoms with E-state index < -0.39 is 11.7 Å². The SMILES string of the molecule is CCOC(=O)N1CCC(NC(=S)Nc2ccc(Cl)c(C(F)(F)F)c2)CC1. The van der Waals surface area contributed by atoms with Gasteiger partial charge >= 0.3 is 12.3 Å². The summed E-state index contributed by atoms with van der Waals surface area (Å²) in [4.78, 5) is 13.3. The van der Waals surface area contributed by atoms with Crippen LogP contribution in [0.2, 0.25) is 5.02 Å². The fourth-order valence-corrected chi connectivity index (χ4v) is 3.10. The lowest BCUT2D eigenvalue weighted by Gasteiger charge is -2.32. The molecule has 1 aromatic rings. The van der Waals surface area contributed by atoms with Crippen molar-refractivity contribution in [2.45, 2.75) is 32.0 Å². The second-order valence-corrected chi connectivity index (χ2v) is 6.57. The zero-order chi connectivity index (χ0) is 19.3. The molecule has 26 heavy (non-hydrogen) atoms. The van der Waals surface area contributed by atoms with Gasteiger partial charge in [0.1, 0.15) is 0 Å². The summed E-state index contributed by atoms with van der Waals surface area (Å²) in [6.45, 7) is 3.12. The first-order valence-electron chi connectivity index (χ1n) is 8.06. The molecule has 144 valence electrons. The molecule has 0 bridgehead atoms. The molecular weight excluding hydrogens is 391 g/mol. The number of carbonyl (C=O) groups excluding carboxylic acids is 1. The van der Waals surface area contributed by atoms with Crippen molar-refractivity contribution < 1.29 is 22.7 Å². The molecule has 0 aromatic heterocycles. The molecule has 10 heteroatoms. The number of rotatable bonds is 3. The number of nitrogens with one attached hydrogen (secondary N) is 2. The highest BCUT2D eigenvalue weighted by atomic mass is 35.5. The van der Waals surface area contributed by atoms with Gasteiger partial charge in [-0.1, -0.05) is 11.6 Å². The number of amides is 1. The van der Waals surface area contributed by atoms with Crippen molar-refractivity contribution >= 4 is 40.7 Å². The minimum absolute atomic E-state index is 0.0232. The number of alkyl halides is 3. The van der Waals surface area contributed by atoms with Crippen molar-refractivity contribution in [3.63, 3.8) is 0 Å². The molecule has 2 rings (SSSR count). The van der Waals surface area contributed by atoms with Crippen LogP contribution in [0.5, 0.6) is 0 Å². The Morgan fingerprint density at radius 3 is 2.62 bits per heavy atom. The van der Waals surface area contributed by atoms with E-state index in [-0.39, 0.29) is 28.0 Å². The van der Waals surface area contributed by atoms with Gasteiger partial charge in [-0.25, -0.2) is 4.79 Å². The topological polar surface area (TPSA) is 53.6 Å². The summed E-state index contributed by atoms with van der Waals surface area (Å²) in [5.41, 5.74) is -0.724. The monoisotopic (exact) mass is 409 g/mol. The zero-order valence-corrected chi connectivity index (χ0v) is 15.6. The Kier molecular flexibility index (Phi) is 6.94. The third-order valence-corrected chi connectivity index (χ3v) is 4.44. The molecule has 0 unspecified atom stereocenters. The quantitative estimate of drug-likeness (QED) is 0.730. The number of hydrogen-bond donors (Lipinski definition) is 2. The van der Waals surface area contributed by atoms with Gasteiger partial charge in [0.2, 0.25) is 0 Å². The molecule has 2 N–H and O–H groups in total. The van der Waals surface area contributed by atoms with Crippen LogP contribution in [-0.4, -0.2) is 41.8 Å². The van der Waals surface area contributed by atoms with Crippen molar-refractivity contribution in [1.82, 2.24) is 10.2 Å². The van der Waals surface area contributed by atoms with Gasteiger partial charge in [-0.05, 0) is 50.2 Å². The number of piperidine rings is 1. The third kappa shape index (κ3) is 5.63. The van der Waals surface area contributed by atoms with Crippen LogP contribution in [0.4, 0.5) is 23.7 Å². The summed E-state index contributed by atoms with van der Waals surface area (Å²) in [6, 6.07) is 3.54. The van der Waals surface area contributed by atoms with Crippen molar-refractivity contribution in [3.8, 4) is 0 Å². The first-order chi connectivity index (χ1) is 12.2. The number of halogens is 4. The average Bonchev–Trinajstić information content (AvgIpc) is 2.56. The maximum atomic E-state index is 12.9. The van der Waals surface area contributed by atoms with Gasteiger partial charge in [-0.3, -0.25) is 0 Å². The molecule has 5 nitrogen and oxygen atoms in total. The lowest BCUT2D eigenvalue weighted by molar-refractivity contribution is -0.137.